The lowest BCUT2D eigenvalue weighted by atomic mass is 10.1. The van der Waals surface area contributed by atoms with Crippen molar-refractivity contribution >= 4 is 51.3 Å². The van der Waals surface area contributed by atoms with Crippen LogP contribution >= 0.6 is 11.6 Å². The maximum Gasteiger partial charge on any atom is 0.250 e. The van der Waals surface area contributed by atoms with E-state index in [-0.39, 0.29) is 5.91 Å². The molecule has 3 aromatic heterocycles. The summed E-state index contributed by atoms with van der Waals surface area (Å²) in [5.74, 6) is 2.05. The first-order valence-electron chi connectivity index (χ1n) is 12.5. The topological polar surface area (TPSA) is 110 Å². The van der Waals surface area contributed by atoms with Crippen LogP contribution in [-0.2, 0) is 4.79 Å². The lowest BCUT2D eigenvalue weighted by Crippen LogP contribution is -2.37. The number of hydrogen-bond donors (Lipinski definition) is 1. The minimum absolute atomic E-state index is 0.109. The Labute approximate surface area is 234 Å². The van der Waals surface area contributed by atoms with Gasteiger partial charge < -0.3 is 24.6 Å². The lowest BCUT2D eigenvalue weighted by Gasteiger charge is -2.30. The number of likely N-dealkylation sites (N-methyl/N-ethyl adjacent to an activating group) is 1. The van der Waals surface area contributed by atoms with Crippen LogP contribution < -0.4 is 19.7 Å². The van der Waals surface area contributed by atoms with Gasteiger partial charge in [0, 0.05) is 30.6 Å². The van der Waals surface area contributed by atoms with Gasteiger partial charge in [-0.05, 0) is 50.5 Å². The fourth-order valence-corrected chi connectivity index (χ4v) is 4.61. The van der Waals surface area contributed by atoms with Gasteiger partial charge in [-0.1, -0.05) is 17.7 Å². The fourth-order valence-electron chi connectivity index (χ4n) is 4.39. The summed E-state index contributed by atoms with van der Waals surface area (Å²) in [5, 5.41) is 8.49. The molecule has 12 heteroatoms. The minimum Gasteiger partial charge on any atom is -0.489 e. The molecule has 0 atom stereocenters. The maximum absolute atomic E-state index is 13.0. The van der Waals surface area contributed by atoms with Crippen molar-refractivity contribution in [1.29, 1.82) is 0 Å². The van der Waals surface area contributed by atoms with Gasteiger partial charge in [0.1, 0.15) is 36.6 Å². The van der Waals surface area contributed by atoms with Crippen LogP contribution in [-0.4, -0.2) is 69.2 Å². The van der Waals surface area contributed by atoms with Gasteiger partial charge in [0.2, 0.25) is 0 Å². The van der Waals surface area contributed by atoms with Gasteiger partial charge in [-0.25, -0.2) is 19.5 Å². The predicted octanol–water partition coefficient (Wildman–Crippen LogP) is 4.71. The molecule has 0 fully saturated rings. The van der Waals surface area contributed by atoms with E-state index < -0.39 is 0 Å². The fraction of sp³-hybridized carbons (Fsp3) is 0.179. The zero-order valence-corrected chi connectivity index (χ0v) is 22.5. The molecule has 5 aromatic rings. The van der Waals surface area contributed by atoms with Gasteiger partial charge in [-0.3, -0.25) is 4.79 Å². The Hall–Kier alpha value is -4.74. The van der Waals surface area contributed by atoms with Crippen LogP contribution in [0.15, 0.2) is 73.5 Å². The molecule has 0 saturated heterocycles. The highest BCUT2D eigenvalue weighted by molar-refractivity contribution is 6.32. The molecule has 0 radical (unpaired) electrons. The predicted molar refractivity (Wildman–Crippen MR) is 153 cm³/mol. The second-order valence-corrected chi connectivity index (χ2v) is 9.74. The van der Waals surface area contributed by atoms with Gasteiger partial charge in [-0.2, -0.15) is 5.10 Å². The van der Waals surface area contributed by atoms with Gasteiger partial charge in [0.25, 0.3) is 5.91 Å². The van der Waals surface area contributed by atoms with Crippen LogP contribution in [0.25, 0.3) is 16.6 Å². The number of carbonyl (C=O) groups is 1. The molecular weight excluding hydrogens is 532 g/mol. The summed E-state index contributed by atoms with van der Waals surface area (Å²) in [6.45, 7) is 1.47. The smallest absolute Gasteiger partial charge is 0.250 e. The number of carbonyl (C=O) groups excluding carboxylic acids is 1. The molecule has 202 valence electrons. The quantitative estimate of drug-likeness (QED) is 0.285. The number of hydrogen-bond acceptors (Lipinski definition) is 9. The van der Waals surface area contributed by atoms with Crippen molar-refractivity contribution in [2.45, 2.75) is 0 Å². The highest BCUT2D eigenvalue weighted by Crippen LogP contribution is 2.42. The molecule has 1 aliphatic heterocycles. The molecule has 0 spiro atoms. The van der Waals surface area contributed by atoms with Crippen LogP contribution in [0, 0.1) is 0 Å². The number of rotatable bonds is 7. The normalized spacial score (nSPS) is 13.2. The van der Waals surface area contributed by atoms with Crippen LogP contribution in [0.2, 0.25) is 5.02 Å². The molecule has 0 saturated carbocycles. The number of pyridine rings is 1. The molecule has 0 aliphatic carbocycles. The Kier molecular flexibility index (Phi) is 6.89. The number of halogens is 1. The molecule has 0 bridgehead atoms. The molecular formula is C28H25ClN8O3. The summed E-state index contributed by atoms with van der Waals surface area (Å²) in [7, 11) is 3.90. The highest BCUT2D eigenvalue weighted by Gasteiger charge is 2.26. The molecule has 1 aliphatic rings. The standard InChI is InChI=1S/C28H25ClN8O3/c1-35(2)10-3-4-25(38)36-12-13-39-27-22(36)7-6-21-26(27)28(32-16-30-21)34-18-5-8-23(20(29)14-18)40-19-9-11-37-24(15-19)31-17-33-37/h3-9,11,14-17H,10,12-13H2,1-2H3,(H,30,32,34)/b4-3+. The van der Waals surface area contributed by atoms with E-state index in [9.17, 15) is 4.79 Å². The third kappa shape index (κ3) is 5.12. The SMILES string of the molecule is CN(C)C/C=C/C(=O)N1CCOc2c1ccc1ncnc(Nc3ccc(Oc4ccn5ncnc5c4)c(Cl)c3)c21. The zero-order chi connectivity index (χ0) is 27.6. The van der Waals surface area contributed by atoms with Crippen molar-refractivity contribution in [2.24, 2.45) is 0 Å². The Morgan fingerprint density at radius 2 is 2.05 bits per heavy atom. The second kappa shape index (κ2) is 10.8. The van der Waals surface area contributed by atoms with Crippen molar-refractivity contribution in [1.82, 2.24) is 29.5 Å². The first-order valence-corrected chi connectivity index (χ1v) is 12.9. The second-order valence-electron chi connectivity index (χ2n) is 9.33. The zero-order valence-electron chi connectivity index (χ0n) is 21.8. The van der Waals surface area contributed by atoms with E-state index in [1.165, 1.54) is 12.7 Å². The summed E-state index contributed by atoms with van der Waals surface area (Å²) in [5.41, 5.74) is 2.71. The summed E-state index contributed by atoms with van der Waals surface area (Å²) in [6.07, 6.45) is 8.16. The number of anilines is 3. The molecule has 1 amide bonds. The van der Waals surface area contributed by atoms with Gasteiger partial charge in [0.15, 0.2) is 11.4 Å². The molecule has 40 heavy (non-hydrogen) atoms. The summed E-state index contributed by atoms with van der Waals surface area (Å²) in [6, 6.07) is 12.6. The van der Waals surface area contributed by atoms with Crippen LogP contribution in [0.3, 0.4) is 0 Å². The van der Waals surface area contributed by atoms with Crippen LogP contribution in [0.5, 0.6) is 17.2 Å². The van der Waals surface area contributed by atoms with E-state index in [4.69, 9.17) is 21.1 Å². The van der Waals surface area contributed by atoms with E-state index in [2.05, 4.69) is 25.4 Å². The van der Waals surface area contributed by atoms with E-state index in [1.54, 1.807) is 46.0 Å². The van der Waals surface area contributed by atoms with Crippen molar-refractivity contribution in [3.8, 4) is 17.2 Å². The minimum atomic E-state index is -0.109. The Morgan fingerprint density at radius 1 is 1.15 bits per heavy atom. The number of amides is 1. The lowest BCUT2D eigenvalue weighted by molar-refractivity contribution is -0.114. The van der Waals surface area contributed by atoms with Crippen LogP contribution in [0.1, 0.15) is 0 Å². The van der Waals surface area contributed by atoms with Crippen molar-refractivity contribution in [3.05, 3.63) is 78.5 Å². The summed E-state index contributed by atoms with van der Waals surface area (Å²) < 4.78 is 13.7. The monoisotopic (exact) mass is 556 g/mol. The molecule has 6 rings (SSSR count). The number of nitrogens with zero attached hydrogens (tertiary/aromatic N) is 7. The summed E-state index contributed by atoms with van der Waals surface area (Å²) in [4.78, 5) is 29.8. The van der Waals surface area contributed by atoms with Crippen LogP contribution in [0.4, 0.5) is 17.2 Å². The summed E-state index contributed by atoms with van der Waals surface area (Å²) >= 11 is 6.58. The molecule has 2 aromatic carbocycles. The van der Waals surface area contributed by atoms with Crippen molar-refractivity contribution in [3.63, 3.8) is 0 Å². The highest BCUT2D eigenvalue weighted by atomic mass is 35.5. The van der Waals surface area contributed by atoms with E-state index in [0.29, 0.717) is 75.7 Å². The van der Waals surface area contributed by atoms with Gasteiger partial charge in [0.05, 0.1) is 28.2 Å². The van der Waals surface area contributed by atoms with E-state index >= 15 is 0 Å². The third-order valence-corrected chi connectivity index (χ3v) is 6.55. The maximum atomic E-state index is 13.0. The largest absolute Gasteiger partial charge is 0.489 e. The average Bonchev–Trinajstić information content (AvgIpc) is 3.42. The number of fused-ring (bicyclic) bond motifs is 4. The first-order chi connectivity index (χ1) is 19.5. The van der Waals surface area contributed by atoms with Gasteiger partial charge >= 0.3 is 0 Å². The van der Waals surface area contributed by atoms with E-state index in [1.807, 2.05) is 43.3 Å². The van der Waals surface area contributed by atoms with Crippen molar-refractivity contribution < 1.29 is 14.3 Å². The van der Waals surface area contributed by atoms with Crippen molar-refractivity contribution in [2.75, 3.05) is 44.0 Å². The number of ether oxygens (including phenoxy) is 2. The Balaban J connectivity index is 1.28. The molecule has 11 nitrogen and oxygen atoms in total. The Bertz CT molecular complexity index is 1750. The number of aromatic nitrogens is 5. The molecule has 4 heterocycles. The third-order valence-electron chi connectivity index (χ3n) is 6.26. The first kappa shape index (κ1) is 25.5. The number of nitrogens with one attached hydrogen (secondary N) is 1. The van der Waals surface area contributed by atoms with Gasteiger partial charge in [-0.15, -0.1) is 0 Å². The number of benzene rings is 2. The van der Waals surface area contributed by atoms with E-state index in [0.717, 1.165) is 0 Å². The Morgan fingerprint density at radius 3 is 2.90 bits per heavy atom. The molecule has 1 N–H and O–H groups in total. The average molecular weight is 557 g/mol. The molecule has 0 unspecified atom stereocenters.